The van der Waals surface area contributed by atoms with Crippen molar-refractivity contribution in [1.29, 1.82) is 0 Å². The van der Waals surface area contributed by atoms with Gasteiger partial charge >= 0.3 is 5.69 Å². The zero-order chi connectivity index (χ0) is 18.7. The minimum absolute atomic E-state index is 0.0563. The first-order valence-electron chi connectivity index (χ1n) is 8.09. The molecule has 0 saturated carbocycles. The number of nitrogens with one attached hydrogen (secondary N) is 1. The van der Waals surface area contributed by atoms with Crippen molar-refractivity contribution in [2.24, 2.45) is 4.99 Å². The number of aromatic hydroxyl groups is 1. The molecule has 0 radical (unpaired) electrons. The Labute approximate surface area is 149 Å². The molecule has 0 amide bonds. The highest BCUT2D eigenvalue weighted by Crippen LogP contribution is 2.24. The monoisotopic (exact) mass is 350 g/mol. The number of hydrogen-bond acceptors (Lipinski definition) is 5. The second kappa shape index (κ2) is 7.10. The maximum absolute atomic E-state index is 12.4. The van der Waals surface area contributed by atoms with Crippen LogP contribution in [0.4, 0.5) is 11.4 Å². The molecule has 0 fully saturated rings. The van der Waals surface area contributed by atoms with Gasteiger partial charge in [0.2, 0.25) is 5.88 Å². The molecule has 0 saturated heterocycles. The first kappa shape index (κ1) is 17.2. The van der Waals surface area contributed by atoms with Gasteiger partial charge in [-0.05, 0) is 30.7 Å². The number of para-hydroxylation sites is 3. The van der Waals surface area contributed by atoms with Gasteiger partial charge in [0, 0.05) is 0 Å². The van der Waals surface area contributed by atoms with E-state index in [1.165, 1.54) is 0 Å². The molecule has 0 aliphatic rings. The Balaban J connectivity index is 2.26. The summed E-state index contributed by atoms with van der Waals surface area (Å²) in [6.07, 6.45) is 0.359. The summed E-state index contributed by atoms with van der Waals surface area (Å²) >= 11 is 0. The number of aromatic nitrogens is 2. The van der Waals surface area contributed by atoms with Gasteiger partial charge in [0.05, 0.1) is 22.8 Å². The standard InChI is InChI=1S/C19H18N4O3/c1-2-14(21-15-11-7-6-10-13(15)20)16-17(24)22-19(26)23(18(16)25)12-8-4-3-5-9-12/h3-11,25H,2,20H2,1H3,(H,22,24,26). The minimum Gasteiger partial charge on any atom is -0.493 e. The lowest BCUT2D eigenvalue weighted by Crippen LogP contribution is -2.33. The fraction of sp³-hybridized carbons (Fsp3) is 0.105. The van der Waals surface area contributed by atoms with E-state index in [9.17, 15) is 14.7 Å². The van der Waals surface area contributed by atoms with E-state index in [1.807, 2.05) is 0 Å². The lowest BCUT2D eigenvalue weighted by Gasteiger charge is -2.12. The van der Waals surface area contributed by atoms with Gasteiger partial charge in [0.1, 0.15) is 5.56 Å². The molecule has 0 bridgehead atoms. The van der Waals surface area contributed by atoms with E-state index < -0.39 is 17.1 Å². The molecular formula is C19H18N4O3. The molecule has 4 N–H and O–H groups in total. The van der Waals surface area contributed by atoms with Crippen LogP contribution in [0.3, 0.4) is 0 Å². The Morgan fingerprint density at radius 1 is 1.12 bits per heavy atom. The second-order valence-corrected chi connectivity index (χ2v) is 5.60. The van der Waals surface area contributed by atoms with Gasteiger partial charge in [-0.25, -0.2) is 9.36 Å². The number of nitrogens with two attached hydrogens (primary N) is 1. The molecule has 7 heteroatoms. The first-order chi connectivity index (χ1) is 12.5. The molecular weight excluding hydrogens is 332 g/mol. The van der Waals surface area contributed by atoms with E-state index in [1.54, 1.807) is 61.5 Å². The van der Waals surface area contributed by atoms with Crippen molar-refractivity contribution in [3.8, 4) is 11.6 Å². The van der Waals surface area contributed by atoms with Crippen molar-refractivity contribution in [2.75, 3.05) is 5.73 Å². The topological polar surface area (TPSA) is 113 Å². The van der Waals surface area contributed by atoms with E-state index in [4.69, 9.17) is 5.73 Å². The predicted octanol–water partition coefficient (Wildman–Crippen LogP) is 2.34. The SMILES string of the molecule is CCC(=Nc1ccccc1N)c1c(O)n(-c2ccccc2)c(=O)[nH]c1=O. The zero-order valence-electron chi connectivity index (χ0n) is 14.1. The third-order valence-corrected chi connectivity index (χ3v) is 3.92. The lowest BCUT2D eigenvalue weighted by molar-refractivity contribution is 0.429. The van der Waals surface area contributed by atoms with Crippen LogP contribution >= 0.6 is 0 Å². The molecule has 0 unspecified atom stereocenters. The third kappa shape index (κ3) is 3.14. The number of nitrogens with zero attached hydrogens (tertiary/aromatic N) is 2. The van der Waals surface area contributed by atoms with Crippen LogP contribution in [0.1, 0.15) is 18.9 Å². The summed E-state index contributed by atoms with van der Waals surface area (Å²) in [6.45, 7) is 1.80. The quantitative estimate of drug-likeness (QED) is 0.495. The molecule has 3 rings (SSSR count). The van der Waals surface area contributed by atoms with Crippen LogP contribution in [0.5, 0.6) is 5.88 Å². The molecule has 132 valence electrons. The molecule has 2 aromatic carbocycles. The summed E-state index contributed by atoms with van der Waals surface area (Å²) in [5, 5.41) is 10.7. The predicted molar refractivity (Wildman–Crippen MR) is 102 cm³/mol. The number of anilines is 1. The average Bonchev–Trinajstić information content (AvgIpc) is 2.63. The van der Waals surface area contributed by atoms with Crippen LogP contribution in [0, 0.1) is 0 Å². The number of benzene rings is 2. The summed E-state index contributed by atoms with van der Waals surface area (Å²) in [6, 6.07) is 15.5. The van der Waals surface area contributed by atoms with Crippen molar-refractivity contribution in [1.82, 2.24) is 9.55 Å². The van der Waals surface area contributed by atoms with Gasteiger partial charge in [-0.1, -0.05) is 37.3 Å². The Kier molecular flexibility index (Phi) is 4.70. The maximum Gasteiger partial charge on any atom is 0.335 e. The van der Waals surface area contributed by atoms with Crippen LogP contribution in [-0.2, 0) is 0 Å². The van der Waals surface area contributed by atoms with Crippen molar-refractivity contribution < 1.29 is 5.11 Å². The van der Waals surface area contributed by atoms with E-state index in [0.717, 1.165) is 4.57 Å². The second-order valence-electron chi connectivity index (χ2n) is 5.60. The van der Waals surface area contributed by atoms with Gasteiger partial charge in [-0.2, -0.15) is 0 Å². The van der Waals surface area contributed by atoms with Crippen molar-refractivity contribution in [3.05, 3.63) is 81.0 Å². The largest absolute Gasteiger partial charge is 0.493 e. The Hall–Kier alpha value is -3.61. The number of aliphatic imine (C=N–C) groups is 1. The number of nitrogen functional groups attached to an aromatic ring is 1. The molecule has 0 spiro atoms. The average molecular weight is 350 g/mol. The fourth-order valence-electron chi connectivity index (χ4n) is 2.65. The number of rotatable bonds is 4. The fourth-order valence-corrected chi connectivity index (χ4v) is 2.65. The van der Waals surface area contributed by atoms with E-state index in [0.29, 0.717) is 29.2 Å². The zero-order valence-corrected chi connectivity index (χ0v) is 14.1. The van der Waals surface area contributed by atoms with E-state index in [2.05, 4.69) is 9.98 Å². The van der Waals surface area contributed by atoms with Crippen LogP contribution in [0.25, 0.3) is 5.69 Å². The Morgan fingerprint density at radius 2 is 1.77 bits per heavy atom. The van der Waals surface area contributed by atoms with Crippen LogP contribution in [0.2, 0.25) is 0 Å². The summed E-state index contributed by atoms with van der Waals surface area (Å²) in [4.78, 5) is 31.3. The summed E-state index contributed by atoms with van der Waals surface area (Å²) < 4.78 is 1.04. The molecule has 0 aliphatic heterocycles. The van der Waals surface area contributed by atoms with Gasteiger partial charge in [-0.3, -0.25) is 14.8 Å². The molecule has 0 aliphatic carbocycles. The van der Waals surface area contributed by atoms with Gasteiger partial charge in [-0.15, -0.1) is 0 Å². The highest BCUT2D eigenvalue weighted by atomic mass is 16.3. The molecule has 26 heavy (non-hydrogen) atoms. The molecule has 1 aromatic heterocycles. The molecule has 0 atom stereocenters. The van der Waals surface area contributed by atoms with Gasteiger partial charge < -0.3 is 10.8 Å². The minimum atomic E-state index is -0.725. The Morgan fingerprint density at radius 3 is 2.42 bits per heavy atom. The number of hydrogen-bond donors (Lipinski definition) is 3. The Bertz CT molecular complexity index is 1080. The number of aromatic amines is 1. The van der Waals surface area contributed by atoms with Crippen molar-refractivity contribution in [2.45, 2.75) is 13.3 Å². The van der Waals surface area contributed by atoms with E-state index in [-0.39, 0.29) is 5.56 Å². The molecule has 7 nitrogen and oxygen atoms in total. The molecule has 1 heterocycles. The summed E-state index contributed by atoms with van der Waals surface area (Å²) in [5.74, 6) is -0.458. The highest BCUT2D eigenvalue weighted by Gasteiger charge is 2.19. The molecule has 3 aromatic rings. The van der Waals surface area contributed by atoms with Crippen LogP contribution in [-0.4, -0.2) is 20.4 Å². The van der Waals surface area contributed by atoms with Crippen molar-refractivity contribution >= 4 is 17.1 Å². The van der Waals surface area contributed by atoms with Gasteiger partial charge in [0.15, 0.2) is 0 Å². The van der Waals surface area contributed by atoms with Crippen LogP contribution in [0.15, 0.2) is 69.2 Å². The van der Waals surface area contributed by atoms with Crippen LogP contribution < -0.4 is 17.0 Å². The summed E-state index contributed by atoms with van der Waals surface area (Å²) in [7, 11) is 0. The van der Waals surface area contributed by atoms with E-state index >= 15 is 0 Å². The lowest BCUT2D eigenvalue weighted by atomic mass is 10.1. The third-order valence-electron chi connectivity index (χ3n) is 3.92. The maximum atomic E-state index is 12.4. The smallest absolute Gasteiger partial charge is 0.335 e. The summed E-state index contributed by atoms with van der Waals surface area (Å²) in [5.41, 5.74) is 6.13. The normalized spacial score (nSPS) is 11.5. The number of H-pyrrole nitrogens is 1. The van der Waals surface area contributed by atoms with Gasteiger partial charge in [0.25, 0.3) is 5.56 Å². The van der Waals surface area contributed by atoms with Crippen molar-refractivity contribution in [3.63, 3.8) is 0 Å². The highest BCUT2D eigenvalue weighted by molar-refractivity contribution is 6.03. The first-order valence-corrected chi connectivity index (χ1v) is 8.09.